The van der Waals surface area contributed by atoms with Gasteiger partial charge in [-0.2, -0.15) is 15.8 Å². The molecule has 0 aliphatic rings. The van der Waals surface area contributed by atoms with Gasteiger partial charge in [-0.15, -0.1) is 0 Å². The first-order chi connectivity index (χ1) is 10.4. The van der Waals surface area contributed by atoms with Crippen LogP contribution in [-0.4, -0.2) is 13.1 Å². The lowest BCUT2D eigenvalue weighted by molar-refractivity contribution is 0.405. The average molecular weight is 304 g/mol. The number of nitriles is 3. The first-order valence-corrected chi connectivity index (χ1v) is 6.94. The molecule has 0 aliphatic heterocycles. The number of hydrogen-bond donors (Lipinski definition) is 2. The number of allylic oxidation sites excluding steroid dienone is 1. The van der Waals surface area contributed by atoms with Gasteiger partial charge in [-0.1, -0.05) is 13.8 Å². The molecule has 120 valence electrons. The van der Waals surface area contributed by atoms with Crippen LogP contribution >= 0.6 is 0 Å². The van der Waals surface area contributed by atoms with Gasteiger partial charge in [-0.05, 0) is 38.8 Å². The Morgan fingerprint density at radius 3 is 1.41 bits per heavy atom. The van der Waals surface area contributed by atoms with Crippen molar-refractivity contribution < 1.29 is 0 Å². The van der Waals surface area contributed by atoms with Gasteiger partial charge in [0.25, 0.3) is 0 Å². The third-order valence-electron chi connectivity index (χ3n) is 3.09. The molecule has 4 unspecified atom stereocenters. The van der Waals surface area contributed by atoms with Gasteiger partial charge in [0.15, 0.2) is 4.98 Å². The molecule has 0 heterocycles. The number of nitrogens with zero attached hydrogens (tertiary/aromatic N) is 5. The van der Waals surface area contributed by atoms with Crippen molar-refractivity contribution in [2.45, 2.75) is 27.7 Å². The zero-order valence-electron chi connectivity index (χ0n) is 13.8. The van der Waals surface area contributed by atoms with E-state index in [9.17, 15) is 0 Å². The van der Waals surface area contributed by atoms with Gasteiger partial charge in [0.1, 0.15) is 6.08 Å². The van der Waals surface area contributed by atoms with Gasteiger partial charge in [0.2, 0.25) is 5.39 Å². The van der Waals surface area contributed by atoms with E-state index in [1.54, 1.807) is 19.9 Å². The SMILES string of the molecule is CC(C#N)C(C)C#N.CC(CN)C(C)CN.N#C/C=C/[N+]#N. The van der Waals surface area contributed by atoms with Gasteiger partial charge in [0, 0.05) is 0 Å². The van der Waals surface area contributed by atoms with Gasteiger partial charge in [0.05, 0.1) is 30.0 Å². The summed E-state index contributed by atoms with van der Waals surface area (Å²) in [6.45, 7) is 9.23. The molecule has 0 aromatic carbocycles. The predicted molar refractivity (Wildman–Crippen MR) is 85.8 cm³/mol. The summed E-state index contributed by atoms with van der Waals surface area (Å²) < 4.78 is 0. The van der Waals surface area contributed by atoms with E-state index in [-0.39, 0.29) is 11.8 Å². The van der Waals surface area contributed by atoms with Crippen molar-refractivity contribution in [2.24, 2.45) is 35.1 Å². The lowest BCUT2D eigenvalue weighted by atomic mass is 9.97. The molecule has 0 rings (SSSR count). The standard InChI is InChI=1S/C6H16N2.C6H8N2.C3H2N3/c2*1-5(3-7)6(2)4-8;4-2-1-3-6-5/h5-6H,3-4,7-8H2,1-2H3;5-6H,1-2H3;1,3H/q;;+1/b;;3-1+. The van der Waals surface area contributed by atoms with Crippen LogP contribution in [0.15, 0.2) is 12.3 Å². The molecule has 7 heteroatoms. The van der Waals surface area contributed by atoms with Crippen molar-refractivity contribution in [3.63, 3.8) is 0 Å². The molecule has 0 bridgehead atoms. The Kier molecular flexibility index (Phi) is 20.7. The molecule has 22 heavy (non-hydrogen) atoms. The fraction of sp³-hybridized carbons (Fsp3) is 0.667. The zero-order chi connectivity index (χ0) is 18.0. The topological polar surface area (TPSA) is 152 Å². The van der Waals surface area contributed by atoms with E-state index in [1.165, 1.54) is 0 Å². The summed E-state index contributed by atoms with van der Waals surface area (Å²) >= 11 is 0. The minimum Gasteiger partial charge on any atom is -0.330 e. The van der Waals surface area contributed by atoms with Crippen LogP contribution in [0.2, 0.25) is 0 Å². The fourth-order valence-corrected chi connectivity index (χ4v) is 0.755. The lowest BCUT2D eigenvalue weighted by Gasteiger charge is -2.14. The maximum Gasteiger partial charge on any atom is 0.360 e. The zero-order valence-corrected chi connectivity index (χ0v) is 13.8. The molecule has 4 N–H and O–H groups in total. The summed E-state index contributed by atoms with van der Waals surface area (Å²) in [6, 6.07) is 5.62. The second-order valence-corrected chi connectivity index (χ2v) is 4.82. The van der Waals surface area contributed by atoms with E-state index in [0.29, 0.717) is 11.8 Å². The van der Waals surface area contributed by atoms with Crippen molar-refractivity contribution in [3.05, 3.63) is 17.3 Å². The Balaban J connectivity index is -0.000000249. The van der Waals surface area contributed by atoms with Crippen LogP contribution in [0.5, 0.6) is 0 Å². The largest absolute Gasteiger partial charge is 0.360 e. The monoisotopic (exact) mass is 304 g/mol. The summed E-state index contributed by atoms with van der Waals surface area (Å²) in [4.78, 5) is 2.52. The Morgan fingerprint density at radius 2 is 1.27 bits per heavy atom. The maximum absolute atomic E-state index is 8.24. The Hall–Kier alpha value is -2.45. The summed E-state index contributed by atoms with van der Waals surface area (Å²) in [6.07, 6.45) is 2.07. The molecule has 0 saturated carbocycles. The third-order valence-corrected chi connectivity index (χ3v) is 3.09. The first-order valence-electron chi connectivity index (χ1n) is 6.94. The molecule has 0 fully saturated rings. The minimum absolute atomic E-state index is 0.139. The van der Waals surface area contributed by atoms with Crippen LogP contribution in [0.1, 0.15) is 27.7 Å². The predicted octanol–water partition coefficient (Wildman–Crippen LogP) is 2.36. The molecule has 0 aromatic heterocycles. The molecular weight excluding hydrogens is 278 g/mol. The van der Waals surface area contributed by atoms with Crippen molar-refractivity contribution in [1.82, 2.24) is 0 Å². The molecule has 0 amide bonds. The fourth-order valence-electron chi connectivity index (χ4n) is 0.755. The summed E-state index contributed by atoms with van der Waals surface area (Å²) in [7, 11) is 0. The molecule has 0 saturated heterocycles. The Bertz CT molecular complexity index is 402. The van der Waals surface area contributed by atoms with E-state index >= 15 is 0 Å². The average Bonchev–Trinajstić information content (AvgIpc) is 2.57. The highest BCUT2D eigenvalue weighted by Gasteiger charge is 2.08. The van der Waals surface area contributed by atoms with Crippen molar-refractivity contribution >= 4 is 0 Å². The van der Waals surface area contributed by atoms with Crippen LogP contribution in [0.4, 0.5) is 0 Å². The van der Waals surface area contributed by atoms with Crippen LogP contribution in [-0.2, 0) is 0 Å². The first kappa shape index (κ1) is 24.6. The van der Waals surface area contributed by atoms with E-state index in [0.717, 1.165) is 25.4 Å². The molecule has 0 aliphatic carbocycles. The van der Waals surface area contributed by atoms with E-state index in [1.807, 2.05) is 12.1 Å². The van der Waals surface area contributed by atoms with Gasteiger partial charge in [-0.25, -0.2) is 0 Å². The summed E-state index contributed by atoms with van der Waals surface area (Å²) in [5, 5.41) is 31.7. The number of diazo groups is 1. The van der Waals surface area contributed by atoms with E-state index in [4.69, 9.17) is 32.6 Å². The molecule has 0 aromatic rings. The summed E-state index contributed by atoms with van der Waals surface area (Å²) in [5.41, 5.74) is 10.8. The molecule has 0 spiro atoms. The highest BCUT2D eigenvalue weighted by molar-refractivity contribution is 5.04. The Morgan fingerprint density at radius 1 is 0.909 bits per heavy atom. The maximum atomic E-state index is 8.24. The number of nitrogens with two attached hydrogens (primary N) is 2. The van der Waals surface area contributed by atoms with Gasteiger partial charge in [-0.3, -0.25) is 0 Å². The van der Waals surface area contributed by atoms with Crippen molar-refractivity contribution in [1.29, 1.82) is 21.2 Å². The Labute approximate surface area is 133 Å². The van der Waals surface area contributed by atoms with E-state index < -0.39 is 0 Å². The van der Waals surface area contributed by atoms with E-state index in [2.05, 4.69) is 18.8 Å². The molecule has 7 nitrogen and oxygen atoms in total. The normalized spacial score (nSPS) is 14.1. The lowest BCUT2D eigenvalue weighted by Crippen LogP contribution is -2.24. The van der Waals surface area contributed by atoms with Crippen molar-refractivity contribution in [2.75, 3.05) is 13.1 Å². The van der Waals surface area contributed by atoms with Crippen LogP contribution < -0.4 is 11.5 Å². The quantitative estimate of drug-likeness (QED) is 0.600. The van der Waals surface area contributed by atoms with Crippen LogP contribution in [0, 0.1) is 63.1 Å². The minimum atomic E-state index is -0.139. The molecular formula is C15H26N7+. The third kappa shape index (κ3) is 17.6. The van der Waals surface area contributed by atoms with Crippen LogP contribution in [0.3, 0.4) is 0 Å². The highest BCUT2D eigenvalue weighted by atomic mass is 14.8. The highest BCUT2D eigenvalue weighted by Crippen LogP contribution is 2.06. The van der Waals surface area contributed by atoms with Crippen molar-refractivity contribution in [3.8, 4) is 18.2 Å². The molecule has 0 radical (unpaired) electrons. The summed E-state index contributed by atoms with van der Waals surface area (Å²) in [5.74, 6) is 0.861. The molecule has 4 atom stereocenters. The smallest absolute Gasteiger partial charge is 0.330 e. The second kappa shape index (κ2) is 18.6. The number of rotatable bonds is 4. The van der Waals surface area contributed by atoms with Crippen LogP contribution in [0.25, 0.3) is 4.98 Å². The van der Waals surface area contributed by atoms with Gasteiger partial charge >= 0.3 is 6.20 Å². The number of hydrogen-bond acceptors (Lipinski definition) is 6. The van der Waals surface area contributed by atoms with Gasteiger partial charge < -0.3 is 11.5 Å². The second-order valence-electron chi connectivity index (χ2n) is 4.82.